The Labute approximate surface area is 155 Å². The average molecular weight is 399 g/mol. The van der Waals surface area contributed by atoms with Gasteiger partial charge in [-0.2, -0.15) is 13.2 Å². The number of benzene rings is 2. The molecule has 2 aromatic carbocycles. The monoisotopic (exact) mass is 399 g/mol. The predicted molar refractivity (Wildman–Crippen MR) is 90.9 cm³/mol. The fraction of sp³-hybridized carbons (Fsp3) is 0.158. The lowest BCUT2D eigenvalue weighted by Crippen LogP contribution is -2.21. The SMILES string of the molecule is O=C(O)C(F)(F)F.Oc1ccc(CCc2c(F)cccc2F)c2cccnc12. The van der Waals surface area contributed by atoms with Crippen molar-refractivity contribution in [2.75, 3.05) is 0 Å². The number of carboxylic acids is 1. The molecule has 0 amide bonds. The van der Waals surface area contributed by atoms with Gasteiger partial charge in [0.15, 0.2) is 0 Å². The van der Waals surface area contributed by atoms with E-state index in [9.17, 15) is 27.1 Å². The van der Waals surface area contributed by atoms with Gasteiger partial charge in [-0.15, -0.1) is 0 Å². The number of aromatic nitrogens is 1. The highest BCUT2D eigenvalue weighted by atomic mass is 19.4. The standard InChI is InChI=1S/C17H13F2NO.C2HF3O2/c18-14-4-1-5-15(19)13(14)8-6-11-7-9-16(21)17-12(11)3-2-10-20-17;3-2(4,5)1(6)7/h1-5,7,9-10,21H,6,8H2;(H,6,7). The number of carbonyl (C=O) groups is 1. The minimum atomic E-state index is -5.08. The van der Waals surface area contributed by atoms with Crippen LogP contribution >= 0.6 is 0 Å². The van der Waals surface area contributed by atoms with Gasteiger partial charge in [-0.05, 0) is 42.7 Å². The number of aliphatic carboxylic acids is 1. The van der Waals surface area contributed by atoms with Crippen molar-refractivity contribution >= 4 is 16.9 Å². The largest absolute Gasteiger partial charge is 0.506 e. The van der Waals surface area contributed by atoms with E-state index in [2.05, 4.69) is 4.98 Å². The summed E-state index contributed by atoms with van der Waals surface area (Å²) in [4.78, 5) is 13.0. The molecule has 0 fully saturated rings. The fourth-order valence-corrected chi connectivity index (χ4v) is 2.47. The molecule has 0 aliphatic heterocycles. The van der Waals surface area contributed by atoms with Crippen LogP contribution in [0.2, 0.25) is 0 Å². The molecule has 0 bridgehead atoms. The van der Waals surface area contributed by atoms with Gasteiger partial charge < -0.3 is 10.2 Å². The molecule has 3 aromatic rings. The minimum absolute atomic E-state index is 0.0858. The first-order valence-electron chi connectivity index (χ1n) is 7.90. The molecule has 1 heterocycles. The zero-order chi connectivity index (χ0) is 20.9. The van der Waals surface area contributed by atoms with Gasteiger partial charge in [-0.1, -0.05) is 18.2 Å². The number of phenols is 1. The average Bonchev–Trinajstić information content (AvgIpc) is 2.63. The van der Waals surface area contributed by atoms with Gasteiger partial charge in [-0.3, -0.25) is 4.98 Å². The molecule has 0 unspecified atom stereocenters. The van der Waals surface area contributed by atoms with Gasteiger partial charge in [0.05, 0.1) is 0 Å². The Kier molecular flexibility index (Phi) is 6.50. The number of fused-ring (bicyclic) bond motifs is 1. The number of hydrogen-bond acceptors (Lipinski definition) is 3. The molecule has 0 aliphatic rings. The lowest BCUT2D eigenvalue weighted by molar-refractivity contribution is -0.192. The molecule has 3 rings (SSSR count). The summed E-state index contributed by atoms with van der Waals surface area (Å²) in [6, 6.07) is 10.8. The van der Waals surface area contributed by atoms with E-state index in [1.165, 1.54) is 18.2 Å². The van der Waals surface area contributed by atoms with Crippen LogP contribution in [-0.4, -0.2) is 27.3 Å². The van der Waals surface area contributed by atoms with E-state index in [1.807, 2.05) is 6.07 Å². The van der Waals surface area contributed by atoms with Crippen molar-refractivity contribution < 1.29 is 37.0 Å². The summed E-state index contributed by atoms with van der Waals surface area (Å²) < 4.78 is 59.0. The maximum absolute atomic E-state index is 13.6. The summed E-state index contributed by atoms with van der Waals surface area (Å²) in [7, 11) is 0. The zero-order valence-electron chi connectivity index (χ0n) is 14.2. The molecule has 0 radical (unpaired) electrons. The van der Waals surface area contributed by atoms with E-state index >= 15 is 0 Å². The molecular formula is C19H14F5NO3. The van der Waals surface area contributed by atoms with Crippen LogP contribution in [0.25, 0.3) is 10.9 Å². The lowest BCUT2D eigenvalue weighted by atomic mass is 9.99. The summed E-state index contributed by atoms with van der Waals surface area (Å²) >= 11 is 0. The molecule has 0 atom stereocenters. The normalized spacial score (nSPS) is 11.0. The van der Waals surface area contributed by atoms with E-state index < -0.39 is 23.8 Å². The number of halogens is 5. The molecule has 28 heavy (non-hydrogen) atoms. The van der Waals surface area contributed by atoms with Crippen LogP contribution in [0, 0.1) is 11.6 Å². The molecule has 0 saturated heterocycles. The van der Waals surface area contributed by atoms with Crippen LogP contribution in [0.3, 0.4) is 0 Å². The van der Waals surface area contributed by atoms with Crippen LogP contribution < -0.4 is 0 Å². The zero-order valence-corrected chi connectivity index (χ0v) is 14.2. The lowest BCUT2D eigenvalue weighted by Gasteiger charge is -2.08. The van der Waals surface area contributed by atoms with E-state index in [-0.39, 0.29) is 17.7 Å². The summed E-state index contributed by atoms with van der Waals surface area (Å²) in [6.45, 7) is 0. The maximum Gasteiger partial charge on any atom is 0.490 e. The van der Waals surface area contributed by atoms with E-state index in [0.29, 0.717) is 11.9 Å². The van der Waals surface area contributed by atoms with Crippen molar-refractivity contribution in [2.45, 2.75) is 19.0 Å². The van der Waals surface area contributed by atoms with Gasteiger partial charge in [0.2, 0.25) is 0 Å². The number of phenolic OH excluding ortho intramolecular Hbond substituents is 1. The van der Waals surface area contributed by atoms with Gasteiger partial charge in [0, 0.05) is 17.1 Å². The molecule has 148 valence electrons. The molecule has 0 aliphatic carbocycles. The maximum atomic E-state index is 13.6. The highest BCUT2D eigenvalue weighted by Gasteiger charge is 2.38. The van der Waals surface area contributed by atoms with Gasteiger partial charge in [-0.25, -0.2) is 13.6 Å². The number of carboxylic acid groups (broad SMARTS) is 1. The molecule has 4 nitrogen and oxygen atoms in total. The van der Waals surface area contributed by atoms with Crippen molar-refractivity contribution in [1.82, 2.24) is 4.98 Å². The Morgan fingerprint density at radius 3 is 2.14 bits per heavy atom. The smallest absolute Gasteiger partial charge is 0.490 e. The number of nitrogens with zero attached hydrogens (tertiary/aromatic N) is 1. The van der Waals surface area contributed by atoms with Crippen molar-refractivity contribution in [3.63, 3.8) is 0 Å². The van der Waals surface area contributed by atoms with E-state index in [4.69, 9.17) is 9.90 Å². The predicted octanol–water partition coefficient (Wildman–Crippen LogP) is 4.64. The highest BCUT2D eigenvalue weighted by molar-refractivity contribution is 5.87. The van der Waals surface area contributed by atoms with Crippen molar-refractivity contribution in [3.05, 3.63) is 71.4 Å². The van der Waals surface area contributed by atoms with Crippen LogP contribution in [0.1, 0.15) is 11.1 Å². The van der Waals surface area contributed by atoms with Crippen molar-refractivity contribution in [3.8, 4) is 5.75 Å². The number of alkyl halides is 3. The number of aromatic hydroxyl groups is 1. The van der Waals surface area contributed by atoms with Gasteiger partial charge in [0.25, 0.3) is 0 Å². The second-order valence-corrected chi connectivity index (χ2v) is 5.65. The molecule has 0 saturated carbocycles. The molecule has 1 aromatic heterocycles. The molecular weight excluding hydrogens is 385 g/mol. The molecule has 0 spiro atoms. The van der Waals surface area contributed by atoms with Gasteiger partial charge in [0.1, 0.15) is 22.9 Å². The summed E-state index contributed by atoms with van der Waals surface area (Å²) in [6.07, 6.45) is -2.75. The quantitative estimate of drug-likeness (QED) is 0.630. The van der Waals surface area contributed by atoms with Crippen LogP contribution in [0.5, 0.6) is 5.75 Å². The van der Waals surface area contributed by atoms with Gasteiger partial charge >= 0.3 is 12.1 Å². The van der Waals surface area contributed by atoms with Crippen molar-refractivity contribution in [2.24, 2.45) is 0 Å². The van der Waals surface area contributed by atoms with Crippen LogP contribution in [0.4, 0.5) is 22.0 Å². The fourth-order valence-electron chi connectivity index (χ4n) is 2.47. The second-order valence-electron chi connectivity index (χ2n) is 5.65. The number of rotatable bonds is 3. The molecule has 2 N–H and O–H groups in total. The number of pyridine rings is 1. The second kappa shape index (κ2) is 8.64. The van der Waals surface area contributed by atoms with E-state index in [0.717, 1.165) is 10.9 Å². The third-order valence-corrected chi connectivity index (χ3v) is 3.79. The Morgan fingerprint density at radius 1 is 0.964 bits per heavy atom. The third kappa shape index (κ3) is 5.15. The number of hydrogen-bond donors (Lipinski definition) is 2. The Bertz CT molecular complexity index is 969. The van der Waals surface area contributed by atoms with Crippen molar-refractivity contribution in [1.29, 1.82) is 0 Å². The Balaban J connectivity index is 0.000000345. The van der Waals surface area contributed by atoms with E-state index in [1.54, 1.807) is 24.4 Å². The van der Waals surface area contributed by atoms with Crippen LogP contribution in [-0.2, 0) is 17.6 Å². The number of aryl methyl sites for hydroxylation is 1. The highest BCUT2D eigenvalue weighted by Crippen LogP contribution is 2.26. The topological polar surface area (TPSA) is 70.4 Å². The minimum Gasteiger partial charge on any atom is -0.506 e. The first kappa shape index (κ1) is 21.1. The first-order chi connectivity index (χ1) is 13.1. The summed E-state index contributed by atoms with van der Waals surface area (Å²) in [5.41, 5.74) is 1.49. The summed E-state index contributed by atoms with van der Waals surface area (Å²) in [5.74, 6) is -3.72. The Morgan fingerprint density at radius 2 is 1.57 bits per heavy atom. The van der Waals surface area contributed by atoms with Crippen LogP contribution in [0.15, 0.2) is 48.7 Å². The third-order valence-electron chi connectivity index (χ3n) is 3.79. The summed E-state index contributed by atoms with van der Waals surface area (Å²) in [5, 5.41) is 17.7. The first-order valence-corrected chi connectivity index (χ1v) is 7.90. The molecule has 9 heteroatoms. The Hall–Kier alpha value is -3.23.